The Bertz CT molecular complexity index is 867. The van der Waals surface area contributed by atoms with Gasteiger partial charge in [-0.1, -0.05) is 102 Å². The van der Waals surface area contributed by atoms with E-state index in [0.29, 0.717) is 15.6 Å². The summed E-state index contributed by atoms with van der Waals surface area (Å²) in [5, 5.41) is 10.8. The van der Waals surface area contributed by atoms with Crippen LogP contribution in [0.4, 0.5) is 0 Å². The maximum Gasteiger partial charge on any atom is 0.106 e. The number of benzene rings is 3. The third-order valence-electron chi connectivity index (χ3n) is 3.63. The van der Waals surface area contributed by atoms with Gasteiger partial charge in [0.25, 0.3) is 0 Å². The van der Waals surface area contributed by atoms with E-state index in [1.807, 2.05) is 60.7 Å². The summed E-state index contributed by atoms with van der Waals surface area (Å²) in [6.07, 6.45) is -0.669. The van der Waals surface area contributed by atoms with Crippen LogP contribution < -0.4 is 15.8 Å². The minimum absolute atomic E-state index is 0.547. The number of halogens is 2. The zero-order valence-electron chi connectivity index (χ0n) is 13.1. The highest BCUT2D eigenvalue weighted by Crippen LogP contribution is 2.39. The summed E-state index contributed by atoms with van der Waals surface area (Å²) in [5.41, 5.74) is 0.668. The summed E-state index contributed by atoms with van der Waals surface area (Å²) < 4.78 is 0. The maximum atomic E-state index is 6.19. The van der Waals surface area contributed by atoms with Crippen molar-refractivity contribution in [3.05, 3.63) is 94.5 Å². The highest BCUT2D eigenvalue weighted by molar-refractivity contribution is 8.20. The van der Waals surface area contributed by atoms with E-state index in [4.69, 9.17) is 35.0 Å². The van der Waals surface area contributed by atoms with E-state index in [9.17, 15) is 0 Å². The van der Waals surface area contributed by atoms with Crippen molar-refractivity contribution in [2.24, 2.45) is 5.10 Å². The second-order valence-corrected chi connectivity index (χ2v) is 10.2. The fourth-order valence-corrected chi connectivity index (χ4v) is 5.65. The van der Waals surface area contributed by atoms with Crippen LogP contribution in [-0.4, -0.2) is 6.21 Å². The van der Waals surface area contributed by atoms with Crippen molar-refractivity contribution in [1.82, 2.24) is 5.20 Å². The van der Waals surface area contributed by atoms with Crippen LogP contribution in [0.3, 0.4) is 0 Å². The van der Waals surface area contributed by atoms with E-state index >= 15 is 0 Å². The second-order valence-electron chi connectivity index (χ2n) is 5.27. The molecule has 6 heteroatoms. The summed E-state index contributed by atoms with van der Waals surface area (Å²) in [7, 11) is 0. The lowest BCUT2D eigenvalue weighted by Crippen LogP contribution is -2.24. The molecular formula is C19H15Cl2N2PS. The molecule has 3 rings (SSSR count). The van der Waals surface area contributed by atoms with E-state index in [1.54, 1.807) is 24.4 Å². The lowest BCUT2D eigenvalue weighted by atomic mass is 10.2. The third-order valence-corrected chi connectivity index (χ3v) is 8.25. The molecule has 126 valence electrons. The molecule has 0 radical (unpaired) electrons. The Morgan fingerprint density at radius 2 is 1.24 bits per heavy atom. The highest BCUT2D eigenvalue weighted by atomic mass is 35.5. The van der Waals surface area contributed by atoms with Gasteiger partial charge in [0.15, 0.2) is 0 Å². The average Bonchev–Trinajstić information content (AvgIpc) is 2.65. The Labute approximate surface area is 162 Å². The lowest BCUT2D eigenvalue weighted by molar-refractivity contribution is 1.11. The standard InChI is InChI=1S/C19H15Cl2N2PS/c20-18-12-7-13-19(21)17(18)14-22-23-24(25,15-8-3-1-4-9-15)16-10-5-2-6-11-16/h1-14H,(H,23,25)/b22-14+. The number of nitrogens with zero attached hydrogens (tertiary/aromatic N) is 1. The van der Waals surface area contributed by atoms with Crippen LogP contribution in [-0.2, 0) is 11.8 Å². The monoisotopic (exact) mass is 404 g/mol. The first-order valence-electron chi connectivity index (χ1n) is 7.57. The van der Waals surface area contributed by atoms with Crippen molar-refractivity contribution >= 4 is 58.0 Å². The van der Waals surface area contributed by atoms with Crippen molar-refractivity contribution in [3.8, 4) is 0 Å². The number of rotatable bonds is 5. The SMILES string of the molecule is S=P(N/N=C/c1c(Cl)cccc1Cl)(c1ccccc1)c1ccccc1. The van der Waals surface area contributed by atoms with Crippen molar-refractivity contribution in [1.29, 1.82) is 0 Å². The second kappa shape index (κ2) is 8.16. The summed E-state index contributed by atoms with van der Waals surface area (Å²) >= 11 is 18.4. The number of hydrogen-bond acceptors (Lipinski definition) is 2. The van der Waals surface area contributed by atoms with Crippen LogP contribution in [0.25, 0.3) is 0 Å². The van der Waals surface area contributed by atoms with Crippen LogP contribution in [0.15, 0.2) is 84.0 Å². The first kappa shape index (κ1) is 18.2. The minimum Gasteiger partial charge on any atom is -0.272 e. The molecule has 2 nitrogen and oxygen atoms in total. The molecule has 3 aromatic carbocycles. The molecule has 0 unspecified atom stereocenters. The van der Waals surface area contributed by atoms with E-state index in [2.05, 4.69) is 10.3 Å². The highest BCUT2D eigenvalue weighted by Gasteiger charge is 2.21. The predicted octanol–water partition coefficient (Wildman–Crippen LogP) is 4.96. The molecule has 0 aliphatic rings. The Kier molecular flexibility index (Phi) is 5.93. The summed E-state index contributed by atoms with van der Waals surface area (Å²) in [4.78, 5) is 0. The average molecular weight is 405 g/mol. The van der Waals surface area contributed by atoms with Crippen LogP contribution >= 0.6 is 29.4 Å². The molecule has 3 aromatic rings. The molecule has 0 bridgehead atoms. The fourth-order valence-electron chi connectivity index (χ4n) is 2.35. The molecule has 0 aromatic heterocycles. The van der Waals surface area contributed by atoms with E-state index in [-0.39, 0.29) is 0 Å². The molecule has 25 heavy (non-hydrogen) atoms. The van der Waals surface area contributed by atoms with Crippen LogP contribution in [0, 0.1) is 0 Å². The Morgan fingerprint density at radius 3 is 1.72 bits per heavy atom. The molecule has 0 saturated carbocycles. The topological polar surface area (TPSA) is 24.4 Å². The van der Waals surface area contributed by atoms with E-state index in [1.165, 1.54) is 0 Å². The Hall–Kier alpha value is -1.64. The lowest BCUT2D eigenvalue weighted by Gasteiger charge is -2.22. The van der Waals surface area contributed by atoms with Gasteiger partial charge in [-0.25, -0.2) is 0 Å². The van der Waals surface area contributed by atoms with Gasteiger partial charge >= 0.3 is 0 Å². The van der Waals surface area contributed by atoms with Gasteiger partial charge in [0.1, 0.15) is 6.19 Å². The van der Waals surface area contributed by atoms with E-state index < -0.39 is 6.19 Å². The fraction of sp³-hybridized carbons (Fsp3) is 0. The van der Waals surface area contributed by atoms with Gasteiger partial charge in [0.2, 0.25) is 0 Å². The Balaban J connectivity index is 1.97. The van der Waals surface area contributed by atoms with Crippen molar-refractivity contribution < 1.29 is 0 Å². The third kappa shape index (κ3) is 4.13. The van der Waals surface area contributed by atoms with Crippen molar-refractivity contribution in [2.45, 2.75) is 0 Å². The van der Waals surface area contributed by atoms with Gasteiger partial charge in [-0.3, -0.25) is 5.20 Å². The van der Waals surface area contributed by atoms with Gasteiger partial charge in [-0.15, -0.1) is 0 Å². The zero-order valence-corrected chi connectivity index (χ0v) is 16.4. The molecule has 0 heterocycles. The smallest absolute Gasteiger partial charge is 0.106 e. The Morgan fingerprint density at radius 1 is 0.760 bits per heavy atom. The van der Waals surface area contributed by atoms with Crippen molar-refractivity contribution in [2.75, 3.05) is 0 Å². The normalized spacial score (nSPS) is 11.6. The maximum absolute atomic E-state index is 6.19. The van der Waals surface area contributed by atoms with Gasteiger partial charge in [0, 0.05) is 16.2 Å². The summed E-state index contributed by atoms with van der Waals surface area (Å²) in [6, 6.07) is 25.3. The van der Waals surface area contributed by atoms with Crippen LogP contribution in [0.5, 0.6) is 0 Å². The minimum atomic E-state index is -2.29. The quantitative estimate of drug-likeness (QED) is 0.369. The van der Waals surface area contributed by atoms with Crippen LogP contribution in [0.2, 0.25) is 10.0 Å². The molecule has 0 fully saturated rings. The first-order valence-corrected chi connectivity index (χ1v) is 11.1. The van der Waals surface area contributed by atoms with Crippen LogP contribution in [0.1, 0.15) is 5.56 Å². The number of nitrogens with one attached hydrogen (secondary N) is 1. The zero-order chi connectivity index (χ0) is 17.7. The molecule has 0 spiro atoms. The first-order chi connectivity index (χ1) is 12.1. The van der Waals surface area contributed by atoms with Gasteiger partial charge < -0.3 is 0 Å². The molecule has 0 aliphatic heterocycles. The predicted molar refractivity (Wildman–Crippen MR) is 114 cm³/mol. The summed E-state index contributed by atoms with van der Waals surface area (Å²) in [6.45, 7) is 0. The number of hydrazone groups is 1. The van der Waals surface area contributed by atoms with Gasteiger partial charge in [-0.2, -0.15) is 5.10 Å². The molecule has 0 aliphatic carbocycles. The number of hydrogen-bond donors (Lipinski definition) is 1. The molecular weight excluding hydrogens is 390 g/mol. The molecule has 0 amide bonds. The van der Waals surface area contributed by atoms with Crippen molar-refractivity contribution in [3.63, 3.8) is 0 Å². The van der Waals surface area contributed by atoms with E-state index in [0.717, 1.165) is 10.6 Å². The summed E-state index contributed by atoms with van der Waals surface area (Å²) in [5.74, 6) is 0. The largest absolute Gasteiger partial charge is 0.272 e. The molecule has 1 N–H and O–H groups in total. The molecule has 0 atom stereocenters. The van der Waals surface area contributed by atoms with Gasteiger partial charge in [-0.05, 0) is 12.1 Å². The van der Waals surface area contributed by atoms with Gasteiger partial charge in [0.05, 0.1) is 16.3 Å². The molecule has 0 saturated heterocycles.